The monoisotopic (exact) mass is 295 g/mol. The zero-order valence-corrected chi connectivity index (χ0v) is 14.2. The number of amides is 1. The van der Waals surface area contributed by atoms with Gasteiger partial charge in [-0.1, -0.05) is 13.8 Å². The molecule has 1 amide bonds. The molecule has 4 heteroatoms. The molecule has 0 heterocycles. The van der Waals surface area contributed by atoms with Crippen LogP contribution in [-0.4, -0.2) is 23.5 Å². The molecule has 21 heavy (non-hydrogen) atoms. The second-order valence-corrected chi connectivity index (χ2v) is 8.57. The molecule has 3 saturated carbocycles. The average Bonchev–Trinajstić information content (AvgIpc) is 2.36. The lowest BCUT2D eigenvalue weighted by molar-refractivity contribution is -0.140. The highest BCUT2D eigenvalue weighted by molar-refractivity contribution is 5.76. The van der Waals surface area contributed by atoms with Crippen LogP contribution in [0.4, 0.5) is 4.79 Å². The first-order valence-electron chi connectivity index (χ1n) is 7.97. The number of carbonyl (C=O) groups is 2. The minimum atomic E-state index is -0.838. The van der Waals surface area contributed by atoms with Gasteiger partial charge in [-0.25, -0.2) is 4.79 Å². The molecule has 0 saturated heterocycles. The highest BCUT2D eigenvalue weighted by Crippen LogP contribution is 2.63. The van der Waals surface area contributed by atoms with E-state index in [1.54, 1.807) is 0 Å². The third-order valence-corrected chi connectivity index (χ3v) is 5.64. The second kappa shape index (κ2) is 4.99. The van der Waals surface area contributed by atoms with Crippen molar-refractivity contribution in [2.24, 2.45) is 23.2 Å². The number of hydrogen-bond donors (Lipinski definition) is 1. The molecular weight excluding hydrogens is 266 g/mol. The summed E-state index contributed by atoms with van der Waals surface area (Å²) in [5, 5.41) is 2.83. The van der Waals surface area contributed by atoms with Crippen molar-refractivity contribution in [2.75, 3.05) is 0 Å². The van der Waals surface area contributed by atoms with Gasteiger partial charge in [0.05, 0.1) is 5.54 Å². The minimum absolute atomic E-state index is 0.197. The zero-order chi connectivity index (χ0) is 16.1. The Kier molecular flexibility index (Phi) is 3.88. The standard InChI is InChI=1S/C17H29NO3/c1-15(2,3)21-14(20)18-17(6,10-19)12-8-7-11-9-13(12)16(11,4)5/h10-13H,7-9H2,1-6H3,(H,18,20). The quantitative estimate of drug-likeness (QED) is 0.810. The van der Waals surface area contributed by atoms with E-state index in [2.05, 4.69) is 19.2 Å². The lowest BCUT2D eigenvalue weighted by Gasteiger charge is -2.62. The summed E-state index contributed by atoms with van der Waals surface area (Å²) in [6.07, 6.45) is 3.72. The predicted molar refractivity (Wildman–Crippen MR) is 81.9 cm³/mol. The zero-order valence-electron chi connectivity index (χ0n) is 14.2. The van der Waals surface area contributed by atoms with Gasteiger partial charge in [-0.15, -0.1) is 0 Å². The highest BCUT2D eigenvalue weighted by Gasteiger charge is 2.58. The molecule has 0 aliphatic heterocycles. The summed E-state index contributed by atoms with van der Waals surface area (Å²) in [5.41, 5.74) is -1.11. The molecule has 3 rings (SSSR count). The van der Waals surface area contributed by atoms with Crippen LogP contribution in [0.25, 0.3) is 0 Å². The molecule has 3 fully saturated rings. The number of rotatable bonds is 3. The molecule has 3 aliphatic rings. The number of fused-ring (bicyclic) bond motifs is 2. The highest BCUT2D eigenvalue weighted by atomic mass is 16.6. The van der Waals surface area contributed by atoms with Crippen LogP contribution in [0, 0.1) is 23.2 Å². The number of alkyl carbamates (subject to hydrolysis) is 1. The lowest BCUT2D eigenvalue weighted by Crippen LogP contribution is -2.63. The van der Waals surface area contributed by atoms with E-state index >= 15 is 0 Å². The summed E-state index contributed by atoms with van der Waals surface area (Å²) in [5.74, 6) is 1.47. The maximum atomic E-state index is 12.1. The summed E-state index contributed by atoms with van der Waals surface area (Å²) < 4.78 is 5.32. The van der Waals surface area contributed by atoms with Crippen molar-refractivity contribution < 1.29 is 14.3 Å². The van der Waals surface area contributed by atoms with Crippen LogP contribution in [0.5, 0.6) is 0 Å². The first-order chi connectivity index (χ1) is 9.49. The molecule has 4 nitrogen and oxygen atoms in total. The van der Waals surface area contributed by atoms with Gasteiger partial charge < -0.3 is 14.8 Å². The topological polar surface area (TPSA) is 55.4 Å². The van der Waals surface area contributed by atoms with Crippen molar-refractivity contribution in [3.63, 3.8) is 0 Å². The van der Waals surface area contributed by atoms with Gasteiger partial charge in [-0.05, 0) is 70.1 Å². The van der Waals surface area contributed by atoms with Gasteiger partial charge in [0.2, 0.25) is 0 Å². The normalized spacial score (nSPS) is 33.3. The first kappa shape index (κ1) is 16.3. The Hall–Kier alpha value is -1.06. The Bertz CT molecular complexity index is 436. The molecular formula is C17H29NO3. The molecule has 3 aliphatic carbocycles. The maximum absolute atomic E-state index is 12.1. The summed E-state index contributed by atoms with van der Waals surface area (Å²) in [6.45, 7) is 11.9. The molecule has 0 aromatic heterocycles. The summed E-state index contributed by atoms with van der Waals surface area (Å²) >= 11 is 0. The van der Waals surface area contributed by atoms with Crippen LogP contribution < -0.4 is 5.32 Å². The van der Waals surface area contributed by atoms with Crippen molar-refractivity contribution in [3.8, 4) is 0 Å². The average molecular weight is 295 g/mol. The smallest absolute Gasteiger partial charge is 0.408 e. The molecule has 4 atom stereocenters. The Balaban J connectivity index is 2.10. The minimum Gasteiger partial charge on any atom is -0.444 e. The van der Waals surface area contributed by atoms with Gasteiger partial charge >= 0.3 is 6.09 Å². The van der Waals surface area contributed by atoms with E-state index in [1.165, 1.54) is 6.42 Å². The third-order valence-electron chi connectivity index (χ3n) is 5.64. The van der Waals surface area contributed by atoms with Crippen molar-refractivity contribution in [1.29, 1.82) is 0 Å². The van der Waals surface area contributed by atoms with Crippen molar-refractivity contribution >= 4 is 12.4 Å². The SMILES string of the molecule is CC(C)(C)OC(=O)NC(C)(C=O)C1CCC2CC1C2(C)C. The molecule has 0 aromatic carbocycles. The first-order valence-corrected chi connectivity index (χ1v) is 7.97. The summed E-state index contributed by atoms with van der Waals surface area (Å²) in [6, 6.07) is 0. The molecule has 0 spiro atoms. The van der Waals surface area contributed by atoms with Gasteiger partial charge in [0.1, 0.15) is 11.9 Å². The van der Waals surface area contributed by atoms with Crippen LogP contribution in [-0.2, 0) is 9.53 Å². The molecule has 1 N–H and O–H groups in total. The Morgan fingerprint density at radius 1 is 1.24 bits per heavy atom. The van der Waals surface area contributed by atoms with Crippen molar-refractivity contribution in [3.05, 3.63) is 0 Å². The fraction of sp³-hybridized carbons (Fsp3) is 0.882. The van der Waals surface area contributed by atoms with E-state index in [0.29, 0.717) is 5.92 Å². The third kappa shape index (κ3) is 2.95. The number of nitrogens with one attached hydrogen (secondary N) is 1. The number of hydrogen-bond acceptors (Lipinski definition) is 3. The van der Waals surface area contributed by atoms with Crippen LogP contribution in [0.2, 0.25) is 0 Å². The number of aldehydes is 1. The molecule has 4 unspecified atom stereocenters. The Morgan fingerprint density at radius 2 is 1.86 bits per heavy atom. The number of ether oxygens (including phenoxy) is 1. The van der Waals surface area contributed by atoms with E-state index in [1.807, 2.05) is 27.7 Å². The maximum Gasteiger partial charge on any atom is 0.408 e. The Labute approximate surface area is 128 Å². The Morgan fingerprint density at radius 3 is 2.29 bits per heavy atom. The largest absolute Gasteiger partial charge is 0.444 e. The van der Waals surface area contributed by atoms with Crippen LogP contribution >= 0.6 is 0 Å². The van der Waals surface area contributed by atoms with E-state index in [0.717, 1.165) is 25.0 Å². The van der Waals surface area contributed by atoms with Crippen LogP contribution in [0.3, 0.4) is 0 Å². The second-order valence-electron chi connectivity index (χ2n) is 8.57. The molecule has 2 bridgehead atoms. The van der Waals surface area contributed by atoms with Gasteiger partial charge in [0, 0.05) is 0 Å². The van der Waals surface area contributed by atoms with E-state index in [-0.39, 0.29) is 11.3 Å². The summed E-state index contributed by atoms with van der Waals surface area (Å²) in [7, 11) is 0. The predicted octanol–water partition coefficient (Wildman–Crippen LogP) is 3.54. The van der Waals surface area contributed by atoms with Gasteiger partial charge in [-0.3, -0.25) is 0 Å². The summed E-state index contributed by atoms with van der Waals surface area (Å²) in [4.78, 5) is 23.8. The van der Waals surface area contributed by atoms with E-state index < -0.39 is 17.2 Å². The van der Waals surface area contributed by atoms with Gasteiger partial charge in [0.15, 0.2) is 0 Å². The van der Waals surface area contributed by atoms with Gasteiger partial charge in [-0.2, -0.15) is 0 Å². The molecule has 120 valence electrons. The van der Waals surface area contributed by atoms with Gasteiger partial charge in [0.25, 0.3) is 0 Å². The molecule has 0 radical (unpaired) electrons. The van der Waals surface area contributed by atoms with Crippen molar-refractivity contribution in [1.82, 2.24) is 5.32 Å². The van der Waals surface area contributed by atoms with Crippen LogP contribution in [0.15, 0.2) is 0 Å². The van der Waals surface area contributed by atoms with Crippen molar-refractivity contribution in [2.45, 2.75) is 71.9 Å². The van der Waals surface area contributed by atoms with E-state index in [9.17, 15) is 9.59 Å². The lowest BCUT2D eigenvalue weighted by atomic mass is 9.43. The fourth-order valence-corrected chi connectivity index (χ4v) is 4.26. The van der Waals surface area contributed by atoms with Crippen LogP contribution in [0.1, 0.15) is 60.8 Å². The van der Waals surface area contributed by atoms with E-state index in [4.69, 9.17) is 4.74 Å². The number of carbonyl (C=O) groups excluding carboxylic acids is 2. The molecule has 0 aromatic rings. The fourth-order valence-electron chi connectivity index (χ4n) is 4.26.